The van der Waals surface area contributed by atoms with Crippen LogP contribution in [0.1, 0.15) is 11.1 Å². The zero-order valence-corrected chi connectivity index (χ0v) is 10.7. The molecule has 0 unspecified atom stereocenters. The molecule has 20 heavy (non-hydrogen) atoms. The fourth-order valence-electron chi connectivity index (χ4n) is 2.20. The van der Waals surface area contributed by atoms with Crippen LogP contribution in [0.3, 0.4) is 0 Å². The molecular formula is C15H11F3NO+. The third kappa shape index (κ3) is 2.05. The molecule has 102 valence electrons. The van der Waals surface area contributed by atoms with Gasteiger partial charge in [-0.25, -0.2) is 8.78 Å². The van der Waals surface area contributed by atoms with Crippen molar-refractivity contribution in [2.45, 2.75) is 6.92 Å². The maximum Gasteiger partial charge on any atom is 0.292 e. The molecule has 1 heterocycles. The molecule has 0 N–H and O–H groups in total. The molecule has 0 saturated carbocycles. The lowest BCUT2D eigenvalue weighted by Crippen LogP contribution is -2.22. The minimum atomic E-state index is -1.22. The Morgan fingerprint density at radius 1 is 1.15 bits per heavy atom. The van der Waals surface area contributed by atoms with E-state index >= 15 is 0 Å². The predicted molar refractivity (Wildman–Crippen MR) is 68.1 cm³/mol. The Morgan fingerprint density at radius 3 is 2.75 bits per heavy atom. The highest BCUT2D eigenvalue weighted by atomic mass is 19.2. The second kappa shape index (κ2) is 4.67. The van der Waals surface area contributed by atoms with Gasteiger partial charge in [0.05, 0.1) is 5.56 Å². The minimum absolute atomic E-state index is 0.00231. The normalized spacial score (nSPS) is 13.5. The molecule has 0 aliphatic carbocycles. The molecule has 2 aromatic carbocycles. The quantitative estimate of drug-likeness (QED) is 0.574. The Hall–Kier alpha value is -2.30. The molecule has 0 aromatic heterocycles. The number of aryl methyl sites for hydroxylation is 1. The third-order valence-electron chi connectivity index (χ3n) is 3.17. The van der Waals surface area contributed by atoms with Crippen molar-refractivity contribution < 1.29 is 22.5 Å². The van der Waals surface area contributed by atoms with Crippen molar-refractivity contribution >= 4 is 11.9 Å². The van der Waals surface area contributed by atoms with E-state index in [0.29, 0.717) is 11.8 Å². The molecule has 0 spiro atoms. The molecule has 1 aliphatic heterocycles. The van der Waals surface area contributed by atoms with Crippen molar-refractivity contribution in [3.63, 3.8) is 0 Å². The first-order valence-corrected chi connectivity index (χ1v) is 6.05. The number of rotatable bonds is 1. The van der Waals surface area contributed by atoms with Crippen LogP contribution in [0, 0.1) is 24.4 Å². The van der Waals surface area contributed by atoms with Gasteiger partial charge in [0.25, 0.3) is 6.73 Å². The summed E-state index contributed by atoms with van der Waals surface area (Å²) in [7, 11) is 0. The van der Waals surface area contributed by atoms with E-state index in [1.165, 1.54) is 4.58 Å². The van der Waals surface area contributed by atoms with E-state index in [1.807, 2.05) is 19.1 Å². The Kier molecular flexibility index (Phi) is 2.97. The molecule has 5 heteroatoms. The monoisotopic (exact) mass is 278 g/mol. The molecule has 0 radical (unpaired) electrons. The van der Waals surface area contributed by atoms with Crippen LogP contribution < -0.4 is 4.74 Å². The van der Waals surface area contributed by atoms with Crippen molar-refractivity contribution in [2.75, 3.05) is 6.73 Å². The van der Waals surface area contributed by atoms with Gasteiger partial charge in [0.2, 0.25) is 11.5 Å². The molecule has 2 nitrogen and oxygen atoms in total. The molecule has 0 bridgehead atoms. The van der Waals surface area contributed by atoms with E-state index in [2.05, 4.69) is 0 Å². The van der Waals surface area contributed by atoms with Gasteiger partial charge < -0.3 is 4.74 Å². The lowest BCUT2D eigenvalue weighted by atomic mass is 10.1. The highest BCUT2D eigenvalue weighted by molar-refractivity contribution is 5.82. The van der Waals surface area contributed by atoms with E-state index in [9.17, 15) is 13.2 Å². The highest BCUT2D eigenvalue weighted by Gasteiger charge is 2.25. The SMILES string of the molecule is Cc1cccc2c1OC[N+](c1cc(F)cc(F)c1F)=C2. The van der Waals surface area contributed by atoms with Crippen LogP contribution in [-0.4, -0.2) is 17.5 Å². The van der Waals surface area contributed by atoms with E-state index in [4.69, 9.17) is 4.74 Å². The fraction of sp³-hybridized carbons (Fsp3) is 0.133. The molecule has 3 rings (SSSR count). The summed E-state index contributed by atoms with van der Waals surface area (Å²) in [4.78, 5) is 0. The van der Waals surface area contributed by atoms with Crippen molar-refractivity contribution in [3.05, 3.63) is 58.9 Å². The average Bonchev–Trinajstić information content (AvgIpc) is 2.43. The number of halogens is 3. The first kappa shape index (κ1) is 12.7. The minimum Gasteiger partial charge on any atom is -0.435 e. The van der Waals surface area contributed by atoms with Crippen molar-refractivity contribution in [1.82, 2.24) is 0 Å². The van der Waals surface area contributed by atoms with E-state index in [-0.39, 0.29) is 12.4 Å². The summed E-state index contributed by atoms with van der Waals surface area (Å²) in [5, 5.41) is 0. The number of nitrogens with zero attached hydrogens (tertiary/aromatic N) is 1. The summed E-state index contributed by atoms with van der Waals surface area (Å²) in [6.45, 7) is 1.89. The number of ether oxygens (including phenoxy) is 1. The number of hydrogen-bond donors (Lipinski definition) is 0. The van der Waals surface area contributed by atoms with Gasteiger partial charge in [-0.3, -0.25) is 0 Å². The van der Waals surface area contributed by atoms with Crippen LogP contribution in [-0.2, 0) is 0 Å². The zero-order chi connectivity index (χ0) is 14.3. The summed E-state index contributed by atoms with van der Waals surface area (Å²) >= 11 is 0. The topological polar surface area (TPSA) is 12.2 Å². The highest BCUT2D eigenvalue weighted by Crippen LogP contribution is 2.28. The Morgan fingerprint density at radius 2 is 1.95 bits per heavy atom. The van der Waals surface area contributed by atoms with Crippen molar-refractivity contribution in [3.8, 4) is 5.75 Å². The summed E-state index contributed by atoms with van der Waals surface area (Å²) in [5.74, 6) is -2.45. The standard InChI is InChI=1S/C15H11F3NO/c1-9-3-2-4-10-7-19(8-20-15(9)10)13-6-11(16)5-12(17)14(13)18/h2-7H,8H2,1H3/q+1. The van der Waals surface area contributed by atoms with Crippen LogP contribution in [0.25, 0.3) is 0 Å². The molecule has 1 aliphatic rings. The largest absolute Gasteiger partial charge is 0.435 e. The van der Waals surface area contributed by atoms with Crippen LogP contribution in [0.5, 0.6) is 5.75 Å². The maximum atomic E-state index is 13.8. The van der Waals surface area contributed by atoms with E-state index in [0.717, 1.165) is 17.2 Å². The average molecular weight is 278 g/mol. The predicted octanol–water partition coefficient (Wildman–Crippen LogP) is 3.53. The first-order chi connectivity index (χ1) is 9.56. The van der Waals surface area contributed by atoms with Gasteiger partial charge in [0.15, 0.2) is 12.0 Å². The van der Waals surface area contributed by atoms with Crippen LogP contribution >= 0.6 is 0 Å². The summed E-state index contributed by atoms with van der Waals surface area (Å²) in [6, 6.07) is 6.98. The van der Waals surface area contributed by atoms with E-state index in [1.54, 1.807) is 12.3 Å². The van der Waals surface area contributed by atoms with Gasteiger partial charge in [-0.05, 0) is 18.6 Å². The van der Waals surface area contributed by atoms with Gasteiger partial charge >= 0.3 is 0 Å². The van der Waals surface area contributed by atoms with Gasteiger partial charge in [-0.1, -0.05) is 12.1 Å². The second-order valence-electron chi connectivity index (χ2n) is 4.59. The summed E-state index contributed by atoms with van der Waals surface area (Å²) in [5.41, 5.74) is 1.50. The molecule has 0 fully saturated rings. The third-order valence-corrected chi connectivity index (χ3v) is 3.17. The lowest BCUT2D eigenvalue weighted by molar-refractivity contribution is -0.478. The van der Waals surface area contributed by atoms with E-state index < -0.39 is 17.5 Å². The fourth-order valence-corrected chi connectivity index (χ4v) is 2.20. The summed E-state index contributed by atoms with van der Waals surface area (Å²) < 4.78 is 47.1. The Labute approximate surface area is 113 Å². The molecule has 2 aromatic rings. The van der Waals surface area contributed by atoms with Gasteiger partial charge in [0.1, 0.15) is 11.6 Å². The smallest absolute Gasteiger partial charge is 0.292 e. The van der Waals surface area contributed by atoms with Gasteiger partial charge in [-0.2, -0.15) is 8.97 Å². The number of hydrogen-bond acceptors (Lipinski definition) is 1. The summed E-state index contributed by atoms with van der Waals surface area (Å²) in [6.07, 6.45) is 1.61. The van der Waals surface area contributed by atoms with Crippen molar-refractivity contribution in [1.29, 1.82) is 0 Å². The van der Waals surface area contributed by atoms with Crippen molar-refractivity contribution in [2.24, 2.45) is 0 Å². The van der Waals surface area contributed by atoms with Gasteiger partial charge in [0, 0.05) is 12.1 Å². The lowest BCUT2D eigenvalue weighted by Gasteiger charge is -2.15. The number of para-hydroxylation sites is 1. The molecule has 0 amide bonds. The first-order valence-electron chi connectivity index (χ1n) is 6.05. The number of fused-ring (bicyclic) bond motifs is 1. The van der Waals surface area contributed by atoms with Crippen LogP contribution in [0.4, 0.5) is 18.9 Å². The van der Waals surface area contributed by atoms with Crippen LogP contribution in [0.15, 0.2) is 30.3 Å². The Balaban J connectivity index is 2.13. The molecule has 0 atom stereocenters. The number of benzene rings is 2. The van der Waals surface area contributed by atoms with Gasteiger partial charge in [-0.15, -0.1) is 0 Å². The maximum absolute atomic E-state index is 13.8. The van der Waals surface area contributed by atoms with Crippen LogP contribution in [0.2, 0.25) is 0 Å². The zero-order valence-electron chi connectivity index (χ0n) is 10.7. The Bertz CT molecular complexity index is 725. The second-order valence-corrected chi connectivity index (χ2v) is 4.59. The molecule has 0 saturated heterocycles. The molecular weight excluding hydrogens is 267 g/mol.